The molecule has 1 unspecified atom stereocenters. The van der Waals surface area contributed by atoms with Crippen LogP contribution in [-0.2, 0) is 11.3 Å². The summed E-state index contributed by atoms with van der Waals surface area (Å²) < 4.78 is 17.6. The van der Waals surface area contributed by atoms with Gasteiger partial charge in [-0.1, -0.05) is 6.07 Å². The molecule has 1 atom stereocenters. The third kappa shape index (κ3) is 4.21. The zero-order chi connectivity index (χ0) is 17.6. The second-order valence-corrected chi connectivity index (χ2v) is 5.72. The van der Waals surface area contributed by atoms with E-state index in [9.17, 15) is 4.79 Å². The normalized spacial score (nSPS) is 16.5. The van der Waals surface area contributed by atoms with Gasteiger partial charge in [-0.15, -0.1) is 0 Å². The second kappa shape index (κ2) is 7.89. The summed E-state index contributed by atoms with van der Waals surface area (Å²) in [5, 5.41) is 9.86. The number of hydrogen-bond acceptors (Lipinski definition) is 5. The number of amides is 2. The second-order valence-electron chi connectivity index (χ2n) is 5.72. The summed E-state index contributed by atoms with van der Waals surface area (Å²) in [6.45, 7) is 1.78. The zero-order valence-electron chi connectivity index (χ0n) is 14.3. The maximum atomic E-state index is 12.1. The monoisotopic (exact) mass is 346 g/mol. The standard InChI is InChI=1S/C17H22N4O4/c1-23-15-4-3-12(7-16(15)24-2)8-18-17(22)20-13-9-19-21(10-13)14-5-6-25-11-14/h3-4,7,9-10,14H,5-6,8,11H2,1-2H3,(H2,18,20,22). The predicted molar refractivity (Wildman–Crippen MR) is 92.1 cm³/mol. The number of nitrogens with zero attached hydrogens (tertiary/aromatic N) is 2. The number of rotatable bonds is 6. The van der Waals surface area contributed by atoms with Gasteiger partial charge in [-0.25, -0.2) is 4.79 Å². The summed E-state index contributed by atoms with van der Waals surface area (Å²) in [4.78, 5) is 12.1. The molecule has 1 aliphatic rings. The molecule has 8 nitrogen and oxygen atoms in total. The Hall–Kier alpha value is -2.74. The Morgan fingerprint density at radius 1 is 1.36 bits per heavy atom. The molecule has 25 heavy (non-hydrogen) atoms. The van der Waals surface area contributed by atoms with Crippen molar-refractivity contribution < 1.29 is 19.0 Å². The van der Waals surface area contributed by atoms with E-state index in [0.29, 0.717) is 30.3 Å². The number of benzene rings is 1. The number of anilines is 1. The van der Waals surface area contributed by atoms with E-state index < -0.39 is 0 Å². The zero-order valence-corrected chi connectivity index (χ0v) is 14.3. The van der Waals surface area contributed by atoms with Crippen molar-refractivity contribution >= 4 is 11.7 Å². The van der Waals surface area contributed by atoms with Crippen LogP contribution >= 0.6 is 0 Å². The highest BCUT2D eigenvalue weighted by Gasteiger charge is 2.18. The van der Waals surface area contributed by atoms with Crippen molar-refractivity contribution in [2.75, 3.05) is 32.8 Å². The van der Waals surface area contributed by atoms with E-state index in [4.69, 9.17) is 14.2 Å². The molecular formula is C17H22N4O4. The van der Waals surface area contributed by atoms with E-state index in [1.807, 2.05) is 29.1 Å². The molecule has 2 aromatic rings. The summed E-state index contributed by atoms with van der Waals surface area (Å²) in [5.74, 6) is 1.28. The molecule has 1 fully saturated rings. The minimum absolute atomic E-state index is 0.241. The van der Waals surface area contributed by atoms with Crippen LogP contribution in [0.15, 0.2) is 30.6 Å². The summed E-state index contributed by atoms with van der Waals surface area (Å²) >= 11 is 0. The fraction of sp³-hybridized carbons (Fsp3) is 0.412. The van der Waals surface area contributed by atoms with Gasteiger partial charge in [0.05, 0.1) is 38.8 Å². The lowest BCUT2D eigenvalue weighted by atomic mass is 10.2. The molecule has 134 valence electrons. The molecule has 0 saturated carbocycles. The minimum atomic E-state index is -0.294. The topological polar surface area (TPSA) is 86.6 Å². The summed E-state index contributed by atoms with van der Waals surface area (Å²) in [7, 11) is 3.16. The molecule has 1 aromatic carbocycles. The summed E-state index contributed by atoms with van der Waals surface area (Å²) in [6, 6.07) is 5.46. The highest BCUT2D eigenvalue weighted by molar-refractivity contribution is 5.88. The van der Waals surface area contributed by atoms with E-state index in [1.165, 1.54) is 0 Å². The number of urea groups is 1. The summed E-state index contributed by atoms with van der Waals surface area (Å²) in [5.41, 5.74) is 1.56. The van der Waals surface area contributed by atoms with Crippen molar-refractivity contribution in [2.45, 2.75) is 19.0 Å². The van der Waals surface area contributed by atoms with Crippen LogP contribution in [0.3, 0.4) is 0 Å². The van der Waals surface area contributed by atoms with Crippen LogP contribution in [0.1, 0.15) is 18.0 Å². The van der Waals surface area contributed by atoms with E-state index in [1.54, 1.807) is 20.4 Å². The fourth-order valence-electron chi connectivity index (χ4n) is 2.68. The van der Waals surface area contributed by atoms with Crippen LogP contribution in [0.5, 0.6) is 11.5 Å². The first kappa shape index (κ1) is 17.1. The highest BCUT2D eigenvalue weighted by Crippen LogP contribution is 2.27. The van der Waals surface area contributed by atoms with Crippen molar-refractivity contribution in [3.8, 4) is 11.5 Å². The first-order chi connectivity index (χ1) is 12.2. The summed E-state index contributed by atoms with van der Waals surface area (Å²) in [6.07, 6.45) is 4.39. The Balaban J connectivity index is 1.52. The molecule has 2 N–H and O–H groups in total. The number of hydrogen-bond donors (Lipinski definition) is 2. The first-order valence-electron chi connectivity index (χ1n) is 8.07. The minimum Gasteiger partial charge on any atom is -0.493 e. The van der Waals surface area contributed by atoms with Crippen molar-refractivity contribution in [1.29, 1.82) is 0 Å². The van der Waals surface area contributed by atoms with Gasteiger partial charge in [0.1, 0.15) is 0 Å². The van der Waals surface area contributed by atoms with Gasteiger partial charge in [0, 0.05) is 19.3 Å². The lowest BCUT2D eigenvalue weighted by Crippen LogP contribution is -2.28. The maximum Gasteiger partial charge on any atom is 0.319 e. The molecule has 3 rings (SSSR count). The number of carbonyl (C=O) groups is 1. The predicted octanol–water partition coefficient (Wildman–Crippen LogP) is 2.18. The van der Waals surface area contributed by atoms with Crippen molar-refractivity contribution in [3.05, 3.63) is 36.2 Å². The van der Waals surface area contributed by atoms with E-state index in [-0.39, 0.29) is 12.1 Å². The lowest BCUT2D eigenvalue weighted by Gasteiger charge is -2.10. The molecule has 2 amide bonds. The van der Waals surface area contributed by atoms with Crippen LogP contribution in [0.4, 0.5) is 10.5 Å². The average Bonchev–Trinajstić information content (AvgIpc) is 3.31. The molecule has 0 spiro atoms. The molecule has 0 aliphatic carbocycles. The van der Waals surface area contributed by atoms with Gasteiger partial charge in [-0.2, -0.15) is 5.10 Å². The molecule has 0 radical (unpaired) electrons. The first-order valence-corrected chi connectivity index (χ1v) is 8.07. The SMILES string of the molecule is COc1ccc(CNC(=O)Nc2cnn(C3CCOC3)c2)cc1OC. The van der Waals surface area contributed by atoms with Crippen LogP contribution in [0.25, 0.3) is 0 Å². The maximum absolute atomic E-state index is 12.1. The van der Waals surface area contributed by atoms with Crippen molar-refractivity contribution in [3.63, 3.8) is 0 Å². The third-order valence-corrected chi connectivity index (χ3v) is 4.04. The van der Waals surface area contributed by atoms with Gasteiger partial charge in [0.2, 0.25) is 0 Å². The van der Waals surface area contributed by atoms with Gasteiger partial charge in [0.25, 0.3) is 0 Å². The Labute approximate surface area is 146 Å². The van der Waals surface area contributed by atoms with Gasteiger partial charge in [0.15, 0.2) is 11.5 Å². The van der Waals surface area contributed by atoms with Crippen molar-refractivity contribution in [2.24, 2.45) is 0 Å². The number of nitrogens with one attached hydrogen (secondary N) is 2. The molecule has 0 bridgehead atoms. The van der Waals surface area contributed by atoms with Crippen LogP contribution in [0.2, 0.25) is 0 Å². The van der Waals surface area contributed by atoms with Gasteiger partial charge in [-0.05, 0) is 24.1 Å². The molecular weight excluding hydrogens is 324 g/mol. The van der Waals surface area contributed by atoms with Crippen molar-refractivity contribution in [1.82, 2.24) is 15.1 Å². The molecule has 1 aromatic heterocycles. The number of aromatic nitrogens is 2. The Kier molecular flexibility index (Phi) is 5.39. The average molecular weight is 346 g/mol. The van der Waals surface area contributed by atoms with Crippen LogP contribution < -0.4 is 20.1 Å². The van der Waals surface area contributed by atoms with E-state index in [0.717, 1.165) is 18.6 Å². The van der Waals surface area contributed by atoms with E-state index >= 15 is 0 Å². The Bertz CT molecular complexity index is 725. The smallest absolute Gasteiger partial charge is 0.319 e. The van der Waals surface area contributed by atoms with Gasteiger partial charge in [-0.3, -0.25) is 4.68 Å². The lowest BCUT2D eigenvalue weighted by molar-refractivity contribution is 0.184. The van der Waals surface area contributed by atoms with Gasteiger partial charge >= 0.3 is 6.03 Å². The van der Waals surface area contributed by atoms with Crippen LogP contribution in [-0.4, -0.2) is 43.2 Å². The quantitative estimate of drug-likeness (QED) is 0.837. The van der Waals surface area contributed by atoms with Crippen LogP contribution in [0, 0.1) is 0 Å². The van der Waals surface area contributed by atoms with E-state index in [2.05, 4.69) is 15.7 Å². The number of methoxy groups -OCH3 is 2. The Morgan fingerprint density at radius 2 is 2.20 bits per heavy atom. The Morgan fingerprint density at radius 3 is 2.92 bits per heavy atom. The number of ether oxygens (including phenoxy) is 3. The molecule has 2 heterocycles. The third-order valence-electron chi connectivity index (χ3n) is 4.04. The van der Waals surface area contributed by atoms with Gasteiger partial charge < -0.3 is 24.8 Å². The number of carbonyl (C=O) groups excluding carboxylic acids is 1. The molecule has 1 saturated heterocycles. The molecule has 8 heteroatoms. The largest absolute Gasteiger partial charge is 0.493 e. The fourth-order valence-corrected chi connectivity index (χ4v) is 2.68. The molecule has 1 aliphatic heterocycles. The highest BCUT2D eigenvalue weighted by atomic mass is 16.5.